The molecule has 4 heterocycles. The maximum atomic E-state index is 15.2. The Kier molecular flexibility index (Phi) is 10.4. The van der Waals surface area contributed by atoms with Gasteiger partial charge in [-0.2, -0.15) is 4.31 Å². The molecule has 240 valence electrons. The van der Waals surface area contributed by atoms with Gasteiger partial charge < -0.3 is 25.4 Å². The van der Waals surface area contributed by atoms with E-state index in [-0.39, 0.29) is 41.4 Å². The SMILES string of the molecule is COC(=O)N[C@H](C(=O)Nc1cncc(F)c1CC[C@H]1CN[C@@H]2CCCS(=O)(=O)N1C2)[C@@H](c1ccc(F)cc1)C1CCOCC1. The topological polar surface area (TPSA) is 139 Å². The molecule has 0 radical (unpaired) electrons. The molecule has 5 rings (SSSR count). The number of fused-ring (bicyclic) bond motifs is 2. The van der Waals surface area contributed by atoms with E-state index in [1.54, 1.807) is 12.1 Å². The minimum absolute atomic E-state index is 0.0868. The van der Waals surface area contributed by atoms with Crippen LogP contribution in [0, 0.1) is 17.6 Å². The highest BCUT2D eigenvalue weighted by Gasteiger charge is 2.40. The highest BCUT2D eigenvalue weighted by Crippen LogP contribution is 2.36. The van der Waals surface area contributed by atoms with Gasteiger partial charge in [0.15, 0.2) is 0 Å². The van der Waals surface area contributed by atoms with Gasteiger partial charge in [-0.1, -0.05) is 12.1 Å². The van der Waals surface area contributed by atoms with Crippen LogP contribution < -0.4 is 16.0 Å². The quantitative estimate of drug-likeness (QED) is 0.383. The standard InChI is InChI=1S/C30H39F2N5O6S/c1-42-30(39)36-28(27(20-10-12-43-13-11-20)19-4-6-21(31)7-5-19)29(38)35-26-17-33-16-25(32)24(26)9-8-23-15-34-22-3-2-14-44(40,41)37(23)18-22/h4-7,16-17,20,22-23,27-28,34H,2-3,8-15,18H2,1H3,(H,35,38)(H,36,39)/t22-,23+,27+,28+/m1/s1. The van der Waals surface area contributed by atoms with Crippen molar-refractivity contribution < 1.29 is 36.3 Å². The molecular formula is C30H39F2N5O6S. The maximum absolute atomic E-state index is 15.2. The molecule has 11 nitrogen and oxygen atoms in total. The number of nitrogens with one attached hydrogen (secondary N) is 3. The molecule has 3 fully saturated rings. The van der Waals surface area contributed by atoms with E-state index in [9.17, 15) is 22.4 Å². The summed E-state index contributed by atoms with van der Waals surface area (Å²) < 4.78 is 66.8. The van der Waals surface area contributed by atoms with Crippen molar-refractivity contribution in [3.05, 3.63) is 59.4 Å². The third kappa shape index (κ3) is 7.53. The summed E-state index contributed by atoms with van der Waals surface area (Å²) >= 11 is 0. The summed E-state index contributed by atoms with van der Waals surface area (Å²) in [6, 6.07) is 4.35. The molecule has 2 aromatic rings. The van der Waals surface area contributed by atoms with Crippen LogP contribution in [0.2, 0.25) is 0 Å². The van der Waals surface area contributed by atoms with Crippen LogP contribution in [0.1, 0.15) is 49.1 Å². The molecule has 5 atom stereocenters. The Labute approximate surface area is 256 Å². The largest absolute Gasteiger partial charge is 0.453 e. The lowest BCUT2D eigenvalue weighted by molar-refractivity contribution is -0.119. The smallest absolute Gasteiger partial charge is 0.407 e. The van der Waals surface area contributed by atoms with Gasteiger partial charge >= 0.3 is 6.09 Å². The van der Waals surface area contributed by atoms with E-state index in [0.29, 0.717) is 57.6 Å². The minimum Gasteiger partial charge on any atom is -0.453 e. The Morgan fingerprint density at radius 3 is 2.64 bits per heavy atom. The van der Waals surface area contributed by atoms with Crippen molar-refractivity contribution in [2.75, 3.05) is 44.5 Å². The van der Waals surface area contributed by atoms with Crippen molar-refractivity contribution in [3.8, 4) is 0 Å². The molecule has 0 aliphatic carbocycles. The van der Waals surface area contributed by atoms with Crippen LogP contribution >= 0.6 is 0 Å². The zero-order valence-corrected chi connectivity index (χ0v) is 25.5. The first-order valence-electron chi connectivity index (χ1n) is 15.0. The average Bonchev–Trinajstić information content (AvgIpc) is 3.13. The molecule has 3 aliphatic rings. The molecule has 1 aromatic carbocycles. The average molecular weight is 636 g/mol. The second-order valence-corrected chi connectivity index (χ2v) is 13.6. The van der Waals surface area contributed by atoms with Gasteiger partial charge in [0, 0.05) is 49.9 Å². The molecule has 3 aliphatic heterocycles. The lowest BCUT2D eigenvalue weighted by Crippen LogP contribution is -2.57. The predicted octanol–water partition coefficient (Wildman–Crippen LogP) is 2.93. The molecule has 0 saturated carbocycles. The second-order valence-electron chi connectivity index (χ2n) is 11.6. The number of methoxy groups -OCH3 is 1. The van der Waals surface area contributed by atoms with Crippen LogP contribution in [0.4, 0.5) is 19.3 Å². The number of aromatic nitrogens is 1. The number of anilines is 1. The van der Waals surface area contributed by atoms with Crippen LogP contribution in [-0.2, 0) is 30.7 Å². The van der Waals surface area contributed by atoms with Gasteiger partial charge in [-0.25, -0.2) is 22.0 Å². The molecule has 44 heavy (non-hydrogen) atoms. The van der Waals surface area contributed by atoms with Crippen molar-refractivity contribution in [2.45, 2.75) is 62.6 Å². The van der Waals surface area contributed by atoms with Gasteiger partial charge in [0.1, 0.15) is 17.7 Å². The van der Waals surface area contributed by atoms with Gasteiger partial charge in [-0.05, 0) is 62.1 Å². The van der Waals surface area contributed by atoms with Gasteiger partial charge in [-0.15, -0.1) is 0 Å². The van der Waals surface area contributed by atoms with E-state index in [1.165, 1.54) is 29.7 Å². The monoisotopic (exact) mass is 635 g/mol. The van der Waals surface area contributed by atoms with Crippen molar-refractivity contribution in [2.24, 2.45) is 5.92 Å². The van der Waals surface area contributed by atoms with Gasteiger partial charge in [0.05, 0.1) is 30.9 Å². The summed E-state index contributed by atoms with van der Waals surface area (Å²) in [7, 11) is -2.24. The summed E-state index contributed by atoms with van der Waals surface area (Å²) in [6.45, 7) is 1.77. The molecule has 2 amide bonds. The Balaban J connectivity index is 1.40. The Morgan fingerprint density at radius 2 is 1.91 bits per heavy atom. The first-order chi connectivity index (χ1) is 21.2. The third-order valence-corrected chi connectivity index (χ3v) is 10.8. The molecule has 1 unspecified atom stereocenters. The maximum Gasteiger partial charge on any atom is 0.407 e. The number of piperazine rings is 1. The molecule has 0 spiro atoms. The first kappa shape index (κ1) is 32.2. The zero-order valence-electron chi connectivity index (χ0n) is 24.6. The number of alkyl carbamates (subject to hydrolysis) is 1. The van der Waals surface area contributed by atoms with E-state index < -0.39 is 45.6 Å². The summed E-state index contributed by atoms with van der Waals surface area (Å²) in [5, 5.41) is 8.84. The Hall–Kier alpha value is -3.20. The summed E-state index contributed by atoms with van der Waals surface area (Å²) in [6.07, 6.45) is 4.62. The fourth-order valence-corrected chi connectivity index (χ4v) is 8.40. The summed E-state index contributed by atoms with van der Waals surface area (Å²) in [5.41, 5.74) is 0.954. The number of sulfonamides is 1. The number of carbonyl (C=O) groups is 2. The number of carbonyl (C=O) groups excluding carboxylic acids is 2. The molecule has 3 N–H and O–H groups in total. The van der Waals surface area contributed by atoms with E-state index in [2.05, 4.69) is 20.9 Å². The molecular weight excluding hydrogens is 596 g/mol. The lowest BCUT2D eigenvalue weighted by Gasteiger charge is -2.37. The predicted molar refractivity (Wildman–Crippen MR) is 158 cm³/mol. The van der Waals surface area contributed by atoms with Crippen molar-refractivity contribution in [3.63, 3.8) is 0 Å². The van der Waals surface area contributed by atoms with E-state index >= 15 is 4.39 Å². The Morgan fingerprint density at radius 1 is 1.16 bits per heavy atom. The molecule has 2 bridgehead atoms. The van der Waals surface area contributed by atoms with Crippen molar-refractivity contribution in [1.82, 2.24) is 19.9 Å². The van der Waals surface area contributed by atoms with Gasteiger partial charge in [-0.3, -0.25) is 9.78 Å². The number of benzene rings is 1. The fraction of sp³-hybridized carbons (Fsp3) is 0.567. The van der Waals surface area contributed by atoms with E-state index in [4.69, 9.17) is 9.47 Å². The highest BCUT2D eigenvalue weighted by atomic mass is 32.2. The number of hydrogen-bond acceptors (Lipinski definition) is 8. The third-order valence-electron chi connectivity index (χ3n) is 8.88. The van der Waals surface area contributed by atoms with Crippen LogP contribution in [-0.4, -0.2) is 87.0 Å². The minimum atomic E-state index is -3.43. The fourth-order valence-electron chi connectivity index (χ4n) is 6.59. The number of rotatable bonds is 9. The summed E-state index contributed by atoms with van der Waals surface area (Å²) in [4.78, 5) is 30.4. The number of amides is 2. The number of nitrogens with zero attached hydrogens (tertiary/aromatic N) is 2. The zero-order chi connectivity index (χ0) is 31.3. The summed E-state index contributed by atoms with van der Waals surface area (Å²) in [5.74, 6) is -2.27. The van der Waals surface area contributed by atoms with Crippen LogP contribution in [0.15, 0.2) is 36.7 Å². The van der Waals surface area contributed by atoms with Gasteiger partial charge in [0.2, 0.25) is 15.9 Å². The van der Waals surface area contributed by atoms with E-state index in [1.807, 2.05) is 0 Å². The normalized spacial score (nSPS) is 24.8. The van der Waals surface area contributed by atoms with E-state index in [0.717, 1.165) is 12.6 Å². The van der Waals surface area contributed by atoms with Crippen molar-refractivity contribution in [1.29, 1.82) is 0 Å². The second kappa shape index (κ2) is 14.3. The molecule has 3 saturated heterocycles. The Bertz CT molecular complexity index is 1420. The van der Waals surface area contributed by atoms with Gasteiger partial charge in [0.25, 0.3) is 0 Å². The highest BCUT2D eigenvalue weighted by molar-refractivity contribution is 7.89. The first-order valence-corrected chi connectivity index (χ1v) is 16.6. The van der Waals surface area contributed by atoms with Crippen molar-refractivity contribution >= 4 is 27.7 Å². The molecule has 14 heteroatoms. The number of ether oxygens (including phenoxy) is 2. The van der Waals surface area contributed by atoms with Crippen LogP contribution in [0.25, 0.3) is 0 Å². The lowest BCUT2D eigenvalue weighted by atomic mass is 9.76. The number of pyridine rings is 1. The number of hydrogen-bond donors (Lipinski definition) is 3. The molecule has 1 aromatic heterocycles. The number of halogens is 2. The van der Waals surface area contributed by atoms with Crippen LogP contribution in [0.3, 0.4) is 0 Å². The van der Waals surface area contributed by atoms with Crippen LogP contribution in [0.5, 0.6) is 0 Å².